The zero-order valence-corrected chi connectivity index (χ0v) is 11.9. The third-order valence-electron chi connectivity index (χ3n) is 2.64. The number of hydrogen-bond donors (Lipinski definition) is 0. The summed E-state index contributed by atoms with van der Waals surface area (Å²) in [6.07, 6.45) is 8.91. The predicted molar refractivity (Wildman–Crippen MR) is 74.5 cm³/mol. The summed E-state index contributed by atoms with van der Waals surface area (Å²) in [5, 5.41) is 0. The van der Waals surface area contributed by atoms with E-state index in [0.717, 1.165) is 0 Å². The molecule has 0 aliphatic heterocycles. The molecule has 88 valence electrons. The van der Waals surface area contributed by atoms with Gasteiger partial charge >= 0.3 is 106 Å². The molecule has 0 spiro atoms. The second kappa shape index (κ2) is 8.61. The minimum absolute atomic E-state index is 0.565. The Balaban J connectivity index is 2.29. The maximum absolute atomic E-state index is 3.97. The summed E-state index contributed by atoms with van der Waals surface area (Å²) in [5.41, 5.74) is 0. The fourth-order valence-corrected chi connectivity index (χ4v) is 3.86. The second-order valence-electron chi connectivity index (χ2n) is 4.05. The van der Waals surface area contributed by atoms with Gasteiger partial charge in [0.25, 0.3) is 0 Å². The Morgan fingerprint density at radius 2 is 1.94 bits per heavy atom. The average Bonchev–Trinajstić information content (AvgIpc) is 2.34. The molecule has 0 heterocycles. The van der Waals surface area contributed by atoms with Crippen LogP contribution in [0.3, 0.4) is 0 Å². The van der Waals surface area contributed by atoms with Crippen LogP contribution in [0.2, 0.25) is 4.82 Å². The molecule has 16 heavy (non-hydrogen) atoms. The van der Waals surface area contributed by atoms with Crippen LogP contribution in [0.25, 0.3) is 0 Å². The van der Waals surface area contributed by atoms with E-state index in [-0.39, 0.29) is 0 Å². The van der Waals surface area contributed by atoms with Crippen molar-refractivity contribution in [3.63, 3.8) is 0 Å². The molecule has 0 N–H and O–H groups in total. The van der Waals surface area contributed by atoms with Gasteiger partial charge in [-0.1, -0.05) is 0 Å². The van der Waals surface area contributed by atoms with E-state index in [0.29, 0.717) is 19.8 Å². The summed E-state index contributed by atoms with van der Waals surface area (Å²) in [5.74, 6) is 0. The van der Waals surface area contributed by atoms with Gasteiger partial charge < -0.3 is 0 Å². The van der Waals surface area contributed by atoms with E-state index in [9.17, 15) is 0 Å². The van der Waals surface area contributed by atoms with Crippen molar-refractivity contribution in [1.82, 2.24) is 0 Å². The molecule has 0 saturated heterocycles. The van der Waals surface area contributed by atoms with Gasteiger partial charge in [0.2, 0.25) is 0 Å². The Morgan fingerprint density at radius 1 is 1.19 bits per heavy atom. The van der Waals surface area contributed by atoms with Crippen molar-refractivity contribution in [3.05, 3.63) is 43.0 Å². The van der Waals surface area contributed by atoms with Crippen molar-refractivity contribution in [3.8, 4) is 0 Å². The van der Waals surface area contributed by atoms with Crippen molar-refractivity contribution in [2.45, 2.75) is 43.8 Å². The van der Waals surface area contributed by atoms with Gasteiger partial charge in [0.15, 0.2) is 0 Å². The van der Waals surface area contributed by atoms with E-state index >= 15 is 0 Å². The van der Waals surface area contributed by atoms with Crippen molar-refractivity contribution in [1.29, 1.82) is 0 Å². The normalized spacial score (nSPS) is 12.3. The molecular weight excluding hydrogens is 259 g/mol. The molecule has 0 bridgehead atoms. The molecule has 0 nitrogen and oxygen atoms in total. The van der Waals surface area contributed by atoms with Crippen molar-refractivity contribution in [2.24, 2.45) is 0 Å². The fraction of sp³-hybridized carbons (Fsp3) is 0.467. The minimum atomic E-state index is 0.565. The molecule has 0 saturated carbocycles. The van der Waals surface area contributed by atoms with E-state index in [1.54, 1.807) is 0 Å². The van der Waals surface area contributed by atoms with Gasteiger partial charge in [-0.2, -0.15) is 0 Å². The number of rotatable bonds is 8. The molecule has 0 aliphatic rings. The summed E-state index contributed by atoms with van der Waals surface area (Å²) >= 11 is 0.565. The number of allylic oxidation sites excluding steroid dienone is 1. The Bertz CT molecular complexity index is 279. The van der Waals surface area contributed by atoms with Crippen LogP contribution in [0, 0.1) is 0 Å². The topological polar surface area (TPSA) is 0 Å². The fourth-order valence-electron chi connectivity index (χ4n) is 1.67. The van der Waals surface area contributed by atoms with Gasteiger partial charge in [-0.05, 0) is 0 Å². The van der Waals surface area contributed by atoms with Gasteiger partial charge in [-0.15, -0.1) is 0 Å². The van der Waals surface area contributed by atoms with Crippen LogP contribution >= 0.6 is 0 Å². The summed E-state index contributed by atoms with van der Waals surface area (Å²) in [4.78, 5) is 0.715. The Kier molecular flexibility index (Phi) is 7.29. The molecule has 0 aliphatic carbocycles. The predicted octanol–water partition coefficient (Wildman–Crippen LogP) is 3.96. The summed E-state index contributed by atoms with van der Waals surface area (Å²) in [7, 11) is 0. The van der Waals surface area contributed by atoms with Crippen LogP contribution in [0.15, 0.2) is 43.0 Å². The molecule has 1 unspecified atom stereocenters. The number of benzene rings is 1. The molecule has 1 atom stereocenters. The summed E-state index contributed by atoms with van der Waals surface area (Å²) < 4.78 is 1.50. The van der Waals surface area contributed by atoms with Gasteiger partial charge in [0, 0.05) is 0 Å². The quantitative estimate of drug-likeness (QED) is 0.384. The second-order valence-corrected chi connectivity index (χ2v) is 6.81. The first kappa shape index (κ1) is 13.5. The maximum atomic E-state index is 3.97. The molecule has 1 aromatic carbocycles. The van der Waals surface area contributed by atoms with E-state index in [4.69, 9.17) is 0 Å². The van der Waals surface area contributed by atoms with Crippen molar-refractivity contribution >= 4 is 19.4 Å². The Labute approximate surface area is 106 Å². The van der Waals surface area contributed by atoms with Crippen LogP contribution in [0.4, 0.5) is 0 Å². The number of hydrogen-bond acceptors (Lipinski definition) is 0. The van der Waals surface area contributed by atoms with E-state index in [1.165, 1.54) is 36.6 Å². The van der Waals surface area contributed by atoms with Crippen LogP contribution in [-0.2, 0) is 0 Å². The van der Waals surface area contributed by atoms with Gasteiger partial charge in [0.05, 0.1) is 0 Å². The molecule has 1 rings (SSSR count). The van der Waals surface area contributed by atoms with E-state index < -0.39 is 0 Å². The van der Waals surface area contributed by atoms with Crippen molar-refractivity contribution in [2.75, 3.05) is 0 Å². The summed E-state index contributed by atoms with van der Waals surface area (Å²) in [6, 6.07) is 10.8. The van der Waals surface area contributed by atoms with Crippen LogP contribution in [0.5, 0.6) is 0 Å². The van der Waals surface area contributed by atoms with Gasteiger partial charge in [-0.3, -0.25) is 0 Å². The van der Waals surface area contributed by atoms with Crippen molar-refractivity contribution < 1.29 is 0 Å². The zero-order chi connectivity index (χ0) is 11.6. The molecule has 0 aromatic heterocycles. The van der Waals surface area contributed by atoms with E-state index in [2.05, 4.69) is 49.9 Å². The van der Waals surface area contributed by atoms with Gasteiger partial charge in [0.1, 0.15) is 0 Å². The standard InChI is InChI=1S/C15H22Se/c1-3-5-6-8-11-14(4-2)16-15-12-9-7-10-13-15/h4,7,9-10,12-14H,2-3,5-6,8,11H2,1H3. The molecular formula is C15H22Se. The first-order valence-corrected chi connectivity index (χ1v) is 8.05. The third-order valence-corrected chi connectivity index (χ3v) is 5.31. The van der Waals surface area contributed by atoms with E-state index in [1.807, 2.05) is 0 Å². The SMILES string of the molecule is C=CC(CCCCCC)[Se]c1ccccc1. The Morgan fingerprint density at radius 3 is 2.56 bits per heavy atom. The first-order chi connectivity index (χ1) is 7.86. The van der Waals surface area contributed by atoms with Crippen LogP contribution in [-0.4, -0.2) is 15.0 Å². The first-order valence-electron chi connectivity index (χ1n) is 6.21. The monoisotopic (exact) mass is 282 g/mol. The van der Waals surface area contributed by atoms with Gasteiger partial charge in [-0.25, -0.2) is 0 Å². The molecule has 0 amide bonds. The molecule has 0 fully saturated rings. The third kappa shape index (κ3) is 5.53. The average molecular weight is 281 g/mol. The van der Waals surface area contributed by atoms with Crippen LogP contribution in [0.1, 0.15) is 39.0 Å². The Hall–Kier alpha value is -0.521. The number of unbranched alkanes of at least 4 members (excludes halogenated alkanes) is 3. The summed E-state index contributed by atoms with van der Waals surface area (Å²) in [6.45, 7) is 6.23. The van der Waals surface area contributed by atoms with Crippen LogP contribution < -0.4 is 4.46 Å². The zero-order valence-electron chi connectivity index (χ0n) is 10.2. The molecule has 0 radical (unpaired) electrons. The molecule has 1 aromatic rings. The molecule has 1 heteroatoms.